The third-order valence-corrected chi connectivity index (χ3v) is 6.62. The van der Waals surface area contributed by atoms with Gasteiger partial charge in [-0.25, -0.2) is 0 Å². The molecule has 0 aliphatic carbocycles. The van der Waals surface area contributed by atoms with Crippen LogP contribution in [-0.4, -0.2) is 39.2 Å². The number of aromatic nitrogens is 2. The highest BCUT2D eigenvalue weighted by molar-refractivity contribution is 7.10. The maximum atomic E-state index is 12.6. The van der Waals surface area contributed by atoms with Crippen LogP contribution in [0.4, 0.5) is 0 Å². The number of hydrogen-bond acceptors (Lipinski definition) is 6. The van der Waals surface area contributed by atoms with E-state index in [0.29, 0.717) is 44.1 Å². The Balaban J connectivity index is 1.23. The average molecular weight is 426 g/mol. The summed E-state index contributed by atoms with van der Waals surface area (Å²) in [5.74, 6) is 1.41. The van der Waals surface area contributed by atoms with Gasteiger partial charge in [-0.1, -0.05) is 35.9 Å². The number of benzene rings is 1. The molecule has 6 nitrogen and oxygen atoms in total. The molecule has 1 saturated heterocycles. The summed E-state index contributed by atoms with van der Waals surface area (Å²) in [7, 11) is 0. The Morgan fingerprint density at radius 2 is 2.03 bits per heavy atom. The van der Waals surface area contributed by atoms with Crippen LogP contribution in [0.5, 0.6) is 0 Å². The first-order valence-corrected chi connectivity index (χ1v) is 11.3. The molecule has 0 bridgehead atoms. The first-order chi connectivity index (χ1) is 14.6. The Hall–Kier alpha value is -2.51. The minimum absolute atomic E-state index is 0.109. The molecule has 4 rings (SSSR count). The quantitative estimate of drug-likeness (QED) is 0.620. The van der Waals surface area contributed by atoms with Gasteiger partial charge in [-0.15, -0.1) is 21.5 Å². The molecule has 1 aliphatic rings. The molecule has 1 amide bonds. The van der Waals surface area contributed by atoms with Gasteiger partial charge in [-0.05, 0) is 42.7 Å². The van der Waals surface area contributed by atoms with Gasteiger partial charge >= 0.3 is 0 Å². The second-order valence-corrected chi connectivity index (χ2v) is 8.91. The fourth-order valence-electron chi connectivity index (χ4n) is 3.99. The lowest BCUT2D eigenvalue weighted by Crippen LogP contribution is -2.39. The minimum atomic E-state index is -0.424. The van der Waals surface area contributed by atoms with Gasteiger partial charge < -0.3 is 14.4 Å². The third-order valence-electron chi connectivity index (χ3n) is 5.67. The fourth-order valence-corrected chi connectivity index (χ4v) is 4.79. The molecular formula is C23H27N3O3S. The molecule has 0 saturated carbocycles. The van der Waals surface area contributed by atoms with Crippen molar-refractivity contribution in [3.8, 4) is 0 Å². The molecule has 1 atom stereocenters. The molecule has 0 radical (unpaired) electrons. The lowest BCUT2D eigenvalue weighted by atomic mass is 9.90. The lowest BCUT2D eigenvalue weighted by molar-refractivity contribution is -0.133. The Morgan fingerprint density at radius 3 is 2.77 bits per heavy atom. The van der Waals surface area contributed by atoms with Gasteiger partial charge in [0.05, 0.1) is 12.5 Å². The van der Waals surface area contributed by atoms with E-state index < -0.39 is 6.10 Å². The molecule has 0 unspecified atom stereocenters. The largest absolute Gasteiger partial charge is 0.425 e. The van der Waals surface area contributed by atoms with Crippen LogP contribution in [0.2, 0.25) is 0 Å². The van der Waals surface area contributed by atoms with Crippen LogP contribution in [0.1, 0.15) is 53.2 Å². The zero-order chi connectivity index (χ0) is 20.9. The van der Waals surface area contributed by atoms with E-state index in [1.165, 1.54) is 5.56 Å². The summed E-state index contributed by atoms with van der Waals surface area (Å²) >= 11 is 1.59. The van der Waals surface area contributed by atoms with E-state index in [-0.39, 0.29) is 11.8 Å². The van der Waals surface area contributed by atoms with Crippen LogP contribution in [0.15, 0.2) is 46.2 Å². The summed E-state index contributed by atoms with van der Waals surface area (Å²) < 4.78 is 5.73. The van der Waals surface area contributed by atoms with Gasteiger partial charge in [0.25, 0.3) is 0 Å². The standard InChI is InChI=1S/C23H27N3O3S/c1-16-4-2-5-17(14-16)15-21-25-24-20(29-21)7-8-22(27)26-11-9-18(10-12-26)23(28)19-6-3-13-30-19/h2-6,13-14,18,23,28H,7-12,15H2,1H3/t23-/m1/s1. The van der Waals surface area contributed by atoms with E-state index in [9.17, 15) is 9.90 Å². The van der Waals surface area contributed by atoms with Gasteiger partial charge in [0.1, 0.15) is 0 Å². The van der Waals surface area contributed by atoms with Gasteiger partial charge in [-0.2, -0.15) is 0 Å². The van der Waals surface area contributed by atoms with Crippen molar-refractivity contribution in [2.45, 2.75) is 45.1 Å². The molecule has 0 spiro atoms. The monoisotopic (exact) mass is 425 g/mol. The number of hydrogen-bond donors (Lipinski definition) is 1. The van der Waals surface area contributed by atoms with E-state index in [1.54, 1.807) is 11.3 Å². The van der Waals surface area contributed by atoms with Crippen LogP contribution in [0.3, 0.4) is 0 Å². The molecular weight excluding hydrogens is 398 g/mol. The lowest BCUT2D eigenvalue weighted by Gasteiger charge is -2.34. The molecule has 1 N–H and O–H groups in total. The van der Waals surface area contributed by atoms with E-state index in [4.69, 9.17) is 4.42 Å². The molecule has 3 aromatic rings. The number of nitrogens with zero attached hydrogens (tertiary/aromatic N) is 3. The molecule has 2 aromatic heterocycles. The van der Waals surface area contributed by atoms with Crippen LogP contribution in [-0.2, 0) is 17.6 Å². The van der Waals surface area contributed by atoms with Gasteiger partial charge in [-0.3, -0.25) is 4.79 Å². The second-order valence-electron chi connectivity index (χ2n) is 7.93. The molecule has 1 aromatic carbocycles. The number of aliphatic hydroxyl groups is 1. The first-order valence-electron chi connectivity index (χ1n) is 10.4. The Morgan fingerprint density at radius 1 is 1.23 bits per heavy atom. The number of aryl methyl sites for hydroxylation is 2. The maximum absolute atomic E-state index is 12.6. The summed E-state index contributed by atoms with van der Waals surface area (Å²) in [6, 6.07) is 12.2. The molecule has 1 fully saturated rings. The van der Waals surface area contributed by atoms with Crippen molar-refractivity contribution in [1.82, 2.24) is 15.1 Å². The average Bonchev–Trinajstić information content (AvgIpc) is 3.44. The van der Waals surface area contributed by atoms with E-state index in [0.717, 1.165) is 23.3 Å². The van der Waals surface area contributed by atoms with Crippen LogP contribution >= 0.6 is 11.3 Å². The predicted octanol–water partition coefficient (Wildman–Crippen LogP) is 3.94. The SMILES string of the molecule is Cc1cccc(Cc2nnc(CCC(=O)N3CCC([C@@H](O)c4cccs4)CC3)o2)c1. The number of aliphatic hydroxyl groups excluding tert-OH is 1. The Kier molecular flexibility index (Phi) is 6.59. The van der Waals surface area contributed by atoms with Gasteiger partial charge in [0.15, 0.2) is 0 Å². The highest BCUT2D eigenvalue weighted by atomic mass is 32.1. The van der Waals surface area contributed by atoms with Crippen LogP contribution in [0.25, 0.3) is 0 Å². The molecule has 158 valence electrons. The van der Waals surface area contributed by atoms with Crippen molar-refractivity contribution < 1.29 is 14.3 Å². The third kappa shape index (κ3) is 5.15. The fraction of sp³-hybridized carbons (Fsp3) is 0.435. The van der Waals surface area contributed by atoms with Crippen LogP contribution in [0, 0.1) is 12.8 Å². The van der Waals surface area contributed by atoms with Crippen molar-refractivity contribution in [3.63, 3.8) is 0 Å². The molecule has 7 heteroatoms. The Labute approximate surface area is 180 Å². The summed E-state index contributed by atoms with van der Waals surface area (Å²) in [4.78, 5) is 15.5. The van der Waals surface area contributed by atoms with E-state index in [2.05, 4.69) is 29.3 Å². The molecule has 30 heavy (non-hydrogen) atoms. The van der Waals surface area contributed by atoms with Crippen molar-refractivity contribution in [2.24, 2.45) is 5.92 Å². The zero-order valence-corrected chi connectivity index (χ0v) is 18.0. The number of amides is 1. The smallest absolute Gasteiger partial charge is 0.223 e. The summed E-state index contributed by atoms with van der Waals surface area (Å²) in [5.41, 5.74) is 2.33. The van der Waals surface area contributed by atoms with Gasteiger partial charge in [0.2, 0.25) is 17.7 Å². The number of rotatable bonds is 7. The van der Waals surface area contributed by atoms with E-state index in [1.807, 2.05) is 34.5 Å². The first kappa shape index (κ1) is 20.8. The zero-order valence-electron chi connectivity index (χ0n) is 17.2. The molecule has 3 heterocycles. The summed E-state index contributed by atoms with van der Waals surface area (Å²) in [5, 5.41) is 20.7. The topological polar surface area (TPSA) is 79.5 Å². The van der Waals surface area contributed by atoms with Crippen molar-refractivity contribution in [2.75, 3.05) is 13.1 Å². The second kappa shape index (κ2) is 9.53. The summed E-state index contributed by atoms with van der Waals surface area (Å²) in [6.07, 6.45) is 2.65. The van der Waals surface area contributed by atoms with Gasteiger partial charge in [0, 0.05) is 30.8 Å². The van der Waals surface area contributed by atoms with Crippen molar-refractivity contribution in [3.05, 3.63) is 69.6 Å². The predicted molar refractivity (Wildman–Crippen MR) is 115 cm³/mol. The minimum Gasteiger partial charge on any atom is -0.425 e. The molecule has 1 aliphatic heterocycles. The van der Waals surface area contributed by atoms with Crippen LogP contribution < -0.4 is 0 Å². The highest BCUT2D eigenvalue weighted by Gasteiger charge is 2.28. The van der Waals surface area contributed by atoms with Crippen molar-refractivity contribution >= 4 is 17.2 Å². The number of thiophene rings is 1. The highest BCUT2D eigenvalue weighted by Crippen LogP contribution is 2.33. The Bertz CT molecular complexity index is 962. The number of carbonyl (C=O) groups excluding carboxylic acids is 1. The number of likely N-dealkylation sites (tertiary alicyclic amines) is 1. The normalized spacial score (nSPS) is 16.0. The number of carbonyl (C=O) groups is 1. The van der Waals surface area contributed by atoms with Crippen molar-refractivity contribution in [1.29, 1.82) is 0 Å². The maximum Gasteiger partial charge on any atom is 0.223 e. The summed E-state index contributed by atoms with van der Waals surface area (Å²) in [6.45, 7) is 3.43. The number of piperidine rings is 1. The van der Waals surface area contributed by atoms with E-state index >= 15 is 0 Å².